The number of carbonyl (C=O) groups is 2. The lowest BCUT2D eigenvalue weighted by Gasteiger charge is -2.47. The van der Waals surface area contributed by atoms with Gasteiger partial charge in [0.05, 0.1) is 18.0 Å². The molecule has 43 heavy (non-hydrogen) atoms. The van der Waals surface area contributed by atoms with Gasteiger partial charge >= 0.3 is 0 Å². The van der Waals surface area contributed by atoms with Crippen LogP contribution in [-0.2, 0) is 26.7 Å². The van der Waals surface area contributed by atoms with Crippen LogP contribution in [0.15, 0.2) is 36.4 Å². The predicted octanol–water partition coefficient (Wildman–Crippen LogP) is 3.95. The molecular weight excluding hydrogens is 590 g/mol. The molecule has 1 spiro atoms. The maximum Gasteiger partial charge on any atom is 0.264 e. The molecule has 0 radical (unpaired) electrons. The lowest BCUT2D eigenvalue weighted by molar-refractivity contribution is -0.125. The second-order valence-corrected chi connectivity index (χ2v) is 15.0. The highest BCUT2D eigenvalue weighted by molar-refractivity contribution is 7.90. The van der Waals surface area contributed by atoms with Crippen molar-refractivity contribution < 1.29 is 27.9 Å². The molecule has 0 saturated heterocycles. The van der Waals surface area contributed by atoms with Crippen molar-refractivity contribution in [1.29, 1.82) is 0 Å². The van der Waals surface area contributed by atoms with Crippen molar-refractivity contribution in [2.45, 2.75) is 69.2 Å². The summed E-state index contributed by atoms with van der Waals surface area (Å²) in [6, 6.07) is 11.2. The fourth-order valence-electron chi connectivity index (χ4n) is 7.62. The van der Waals surface area contributed by atoms with Crippen LogP contribution in [-0.4, -0.2) is 63.4 Å². The second-order valence-electron chi connectivity index (χ2n) is 12.7. The van der Waals surface area contributed by atoms with Gasteiger partial charge in [-0.1, -0.05) is 30.5 Å². The molecule has 4 atom stereocenters. The summed E-state index contributed by atoms with van der Waals surface area (Å²) in [5, 5.41) is 13.2. The number of carbonyl (C=O) groups excluding carboxylic acids is 2. The first-order valence-corrected chi connectivity index (χ1v) is 17.5. The van der Waals surface area contributed by atoms with Crippen LogP contribution < -0.4 is 19.7 Å². The minimum Gasteiger partial charge on any atom is -0.490 e. The molecule has 9 nitrogen and oxygen atoms in total. The molecule has 6 rings (SSSR count). The van der Waals surface area contributed by atoms with E-state index >= 15 is 0 Å². The number of nitrogens with zero attached hydrogens (tertiary/aromatic N) is 1. The van der Waals surface area contributed by atoms with Crippen LogP contribution in [0.2, 0.25) is 5.02 Å². The van der Waals surface area contributed by atoms with E-state index in [0.717, 1.165) is 49.2 Å². The van der Waals surface area contributed by atoms with E-state index in [1.807, 2.05) is 6.07 Å². The number of fused-ring (bicyclic) bond motifs is 4. The number of aryl methyl sites for hydroxylation is 1. The number of hydrogen-bond donors (Lipinski definition) is 3. The van der Waals surface area contributed by atoms with Crippen molar-refractivity contribution in [1.82, 2.24) is 10.0 Å². The van der Waals surface area contributed by atoms with Crippen LogP contribution in [0.25, 0.3) is 0 Å². The number of aliphatic hydroxyl groups excluding tert-OH is 1. The summed E-state index contributed by atoms with van der Waals surface area (Å²) < 4.78 is 34.3. The molecule has 3 N–H and O–H groups in total. The van der Waals surface area contributed by atoms with E-state index in [1.54, 1.807) is 18.2 Å². The third kappa shape index (κ3) is 6.37. The molecule has 1 fully saturated rings. The lowest BCUT2D eigenvalue weighted by atomic mass is 9.67. The van der Waals surface area contributed by atoms with Crippen molar-refractivity contribution >= 4 is 39.1 Å². The van der Waals surface area contributed by atoms with E-state index in [2.05, 4.69) is 27.1 Å². The standard InChI is InChI=1S/C32H40ClN3O6S/c33-24-9-11-26-21(15-24)5-4-13-32(26)19-36-17-23-7-10-25(23)27(34-30(38)18-37)6-2-1-3-14-43(40,41)35-31(39)22-8-12-29(42-20-32)28(36)16-22/h8-9,11-12,15-16,23,25,27,37H,1-7,10,13-14,17-20H2,(H,34,38)(H,35,39)/t23-,25+,27+,32-/m0/s1. The molecule has 11 heteroatoms. The van der Waals surface area contributed by atoms with Crippen LogP contribution in [0, 0.1) is 11.8 Å². The van der Waals surface area contributed by atoms with Crippen LogP contribution in [0.3, 0.4) is 0 Å². The smallest absolute Gasteiger partial charge is 0.264 e. The van der Waals surface area contributed by atoms with E-state index in [9.17, 15) is 23.1 Å². The van der Waals surface area contributed by atoms with Gasteiger partial charge in [-0.15, -0.1) is 0 Å². The quantitative estimate of drug-likeness (QED) is 0.459. The molecule has 2 aromatic rings. The summed E-state index contributed by atoms with van der Waals surface area (Å²) in [6.07, 6.45) is 7.43. The first-order valence-electron chi connectivity index (χ1n) is 15.4. The highest BCUT2D eigenvalue weighted by Crippen LogP contribution is 2.47. The Bertz CT molecular complexity index is 1500. The van der Waals surface area contributed by atoms with Gasteiger partial charge < -0.3 is 20.1 Å². The third-order valence-electron chi connectivity index (χ3n) is 9.91. The molecule has 2 heterocycles. The first kappa shape index (κ1) is 30.2. The molecule has 1 saturated carbocycles. The van der Waals surface area contributed by atoms with Gasteiger partial charge in [0.1, 0.15) is 12.4 Å². The summed E-state index contributed by atoms with van der Waals surface area (Å²) in [4.78, 5) is 27.8. The molecule has 2 aliphatic carbocycles. The van der Waals surface area contributed by atoms with Gasteiger partial charge in [-0.25, -0.2) is 13.1 Å². The average Bonchev–Trinajstić information content (AvgIpc) is 3.11. The largest absolute Gasteiger partial charge is 0.490 e. The monoisotopic (exact) mass is 629 g/mol. The Kier molecular flexibility index (Phi) is 8.63. The lowest BCUT2D eigenvalue weighted by Crippen LogP contribution is -2.52. The number of nitrogens with one attached hydrogen (secondary N) is 2. The van der Waals surface area contributed by atoms with Crippen LogP contribution in [0.1, 0.15) is 72.9 Å². The number of halogens is 1. The van der Waals surface area contributed by atoms with Crippen molar-refractivity contribution in [3.8, 4) is 5.75 Å². The third-order valence-corrected chi connectivity index (χ3v) is 11.5. The molecule has 2 aromatic carbocycles. The molecule has 4 aliphatic rings. The summed E-state index contributed by atoms with van der Waals surface area (Å²) in [5.41, 5.74) is 3.24. The van der Waals surface area contributed by atoms with Crippen LogP contribution in [0.4, 0.5) is 5.69 Å². The van der Waals surface area contributed by atoms with Crippen LogP contribution >= 0.6 is 11.6 Å². The molecule has 232 valence electrons. The van der Waals surface area contributed by atoms with Gasteiger partial charge in [0.25, 0.3) is 5.91 Å². The Balaban J connectivity index is 1.40. The predicted molar refractivity (Wildman–Crippen MR) is 165 cm³/mol. The van der Waals surface area contributed by atoms with Crippen molar-refractivity contribution in [3.05, 3.63) is 58.1 Å². The first-order chi connectivity index (χ1) is 20.7. The van der Waals surface area contributed by atoms with Gasteiger partial charge in [0.2, 0.25) is 15.9 Å². The highest BCUT2D eigenvalue weighted by atomic mass is 35.5. The number of benzene rings is 2. The summed E-state index contributed by atoms with van der Waals surface area (Å²) in [6.45, 7) is 1.31. The number of sulfonamides is 1. The number of aliphatic hydroxyl groups is 1. The normalized spacial score (nSPS) is 28.7. The fraction of sp³-hybridized carbons (Fsp3) is 0.562. The number of ether oxygens (including phenoxy) is 1. The van der Waals surface area contributed by atoms with Gasteiger partial charge in [0.15, 0.2) is 0 Å². The number of rotatable bonds is 2. The fourth-order valence-corrected chi connectivity index (χ4v) is 8.90. The van der Waals surface area contributed by atoms with Crippen molar-refractivity contribution in [3.63, 3.8) is 0 Å². The van der Waals surface area contributed by atoms with Crippen molar-refractivity contribution in [2.24, 2.45) is 11.8 Å². The number of amides is 2. The molecule has 2 amide bonds. The maximum absolute atomic E-state index is 13.2. The zero-order chi connectivity index (χ0) is 30.2. The number of hydrogen-bond acceptors (Lipinski definition) is 7. The Hall–Kier alpha value is -2.82. The molecular formula is C32H40ClN3O6S. The van der Waals surface area contributed by atoms with E-state index < -0.39 is 22.5 Å². The van der Waals surface area contributed by atoms with Gasteiger partial charge in [-0.3, -0.25) is 9.59 Å². The van der Waals surface area contributed by atoms with Gasteiger partial charge in [0, 0.05) is 35.1 Å². The van der Waals surface area contributed by atoms with Gasteiger partial charge in [-0.2, -0.15) is 0 Å². The molecule has 2 aliphatic heterocycles. The Morgan fingerprint density at radius 2 is 1.98 bits per heavy atom. The second kappa shape index (κ2) is 12.3. The zero-order valence-corrected chi connectivity index (χ0v) is 25.9. The average molecular weight is 630 g/mol. The number of anilines is 1. The topological polar surface area (TPSA) is 125 Å². The summed E-state index contributed by atoms with van der Waals surface area (Å²) in [7, 11) is -3.81. The molecule has 0 aromatic heterocycles. The Morgan fingerprint density at radius 3 is 2.77 bits per heavy atom. The summed E-state index contributed by atoms with van der Waals surface area (Å²) in [5.74, 6) is 0.0276. The SMILES string of the molecule is O=C(CO)N[C@@H]1CCCCCS(=O)(=O)NC(=O)c2ccc3c(c2)N(C[C@@H]2CC[C@H]21)C[C@@]1(CCCc2cc(Cl)ccc21)CO3. The van der Waals surface area contributed by atoms with Gasteiger partial charge in [-0.05, 0) is 98.2 Å². The van der Waals surface area contributed by atoms with E-state index in [1.165, 1.54) is 11.1 Å². The van der Waals surface area contributed by atoms with Crippen molar-refractivity contribution in [2.75, 3.05) is 37.0 Å². The molecule has 0 unspecified atom stereocenters. The van der Waals surface area contributed by atoms with E-state index in [-0.39, 0.29) is 34.6 Å². The Labute approximate surface area is 258 Å². The Morgan fingerprint density at radius 1 is 1.12 bits per heavy atom. The van der Waals surface area contributed by atoms with E-state index in [4.69, 9.17) is 16.3 Å². The highest BCUT2D eigenvalue weighted by Gasteiger charge is 2.44. The minimum absolute atomic E-state index is 0.0943. The van der Waals surface area contributed by atoms with E-state index in [0.29, 0.717) is 50.6 Å². The molecule has 2 bridgehead atoms. The minimum atomic E-state index is -3.81. The zero-order valence-electron chi connectivity index (χ0n) is 24.3. The summed E-state index contributed by atoms with van der Waals surface area (Å²) >= 11 is 6.39. The maximum atomic E-state index is 13.2. The van der Waals surface area contributed by atoms with Crippen LogP contribution in [0.5, 0.6) is 5.75 Å².